The van der Waals surface area contributed by atoms with Crippen molar-refractivity contribution in [3.63, 3.8) is 0 Å². The first-order valence-electron chi connectivity index (χ1n) is 5.80. The molecule has 0 atom stereocenters. The molecule has 1 aromatic rings. The average molecular weight is 249 g/mol. The average Bonchev–Trinajstić information content (AvgIpc) is 2.17. The number of hydrogen-bond donors (Lipinski definition) is 1. The minimum atomic E-state index is -0.359. The van der Waals surface area contributed by atoms with Crippen molar-refractivity contribution < 1.29 is 14.3 Å². The quantitative estimate of drug-likeness (QED) is 0.647. The van der Waals surface area contributed by atoms with Crippen LogP contribution in [0, 0.1) is 0 Å². The lowest BCUT2D eigenvalue weighted by molar-refractivity contribution is -0.131. The molecule has 0 aliphatic carbocycles. The maximum atomic E-state index is 11.2. The van der Waals surface area contributed by atoms with Crippen molar-refractivity contribution in [1.29, 1.82) is 0 Å². The van der Waals surface area contributed by atoms with Gasteiger partial charge in [-0.1, -0.05) is 20.8 Å². The van der Waals surface area contributed by atoms with Gasteiger partial charge >= 0.3 is 5.97 Å². The Morgan fingerprint density at radius 2 is 1.78 bits per heavy atom. The molecule has 1 amide bonds. The van der Waals surface area contributed by atoms with E-state index in [2.05, 4.69) is 5.32 Å². The van der Waals surface area contributed by atoms with Crippen LogP contribution in [0.4, 0.5) is 5.69 Å². The Bertz CT molecular complexity index is 472. The molecule has 0 radical (unpaired) electrons. The zero-order chi connectivity index (χ0) is 13.9. The van der Waals surface area contributed by atoms with E-state index in [0.29, 0.717) is 5.75 Å². The molecule has 0 aromatic heterocycles. The number of carbonyl (C=O) groups excluding carboxylic acids is 2. The molecule has 0 heterocycles. The molecule has 0 bridgehead atoms. The van der Waals surface area contributed by atoms with Crippen LogP contribution in [0.1, 0.15) is 40.2 Å². The van der Waals surface area contributed by atoms with Crippen LogP contribution >= 0.6 is 0 Å². The minimum Gasteiger partial charge on any atom is -0.427 e. The molecule has 4 heteroatoms. The van der Waals surface area contributed by atoms with Crippen molar-refractivity contribution in [3.05, 3.63) is 23.8 Å². The highest BCUT2D eigenvalue weighted by atomic mass is 16.5. The van der Waals surface area contributed by atoms with Crippen LogP contribution in [-0.4, -0.2) is 11.9 Å². The molecule has 0 aliphatic rings. The van der Waals surface area contributed by atoms with E-state index in [9.17, 15) is 9.59 Å². The van der Waals surface area contributed by atoms with Gasteiger partial charge in [-0.25, -0.2) is 0 Å². The number of esters is 1. The molecule has 1 N–H and O–H groups in total. The van der Waals surface area contributed by atoms with Crippen LogP contribution in [0.3, 0.4) is 0 Å². The Kier molecular flexibility index (Phi) is 4.11. The Labute approximate surface area is 107 Å². The minimum absolute atomic E-state index is 0.124. The van der Waals surface area contributed by atoms with E-state index in [1.54, 1.807) is 18.2 Å². The van der Waals surface area contributed by atoms with Crippen LogP contribution in [0.5, 0.6) is 5.75 Å². The van der Waals surface area contributed by atoms with E-state index in [-0.39, 0.29) is 17.3 Å². The molecule has 0 aliphatic heterocycles. The summed E-state index contributed by atoms with van der Waals surface area (Å²) in [6, 6.07) is 5.20. The molecule has 4 nitrogen and oxygen atoms in total. The van der Waals surface area contributed by atoms with E-state index in [4.69, 9.17) is 4.74 Å². The van der Waals surface area contributed by atoms with Crippen LogP contribution < -0.4 is 10.1 Å². The van der Waals surface area contributed by atoms with Crippen molar-refractivity contribution in [2.75, 3.05) is 5.32 Å². The van der Waals surface area contributed by atoms with E-state index >= 15 is 0 Å². The Balaban J connectivity index is 3.20. The molecular formula is C14H19NO3. The lowest BCUT2D eigenvalue weighted by atomic mass is 9.85. The first-order valence-corrected chi connectivity index (χ1v) is 5.80. The van der Waals surface area contributed by atoms with Gasteiger partial charge in [0.1, 0.15) is 5.75 Å². The lowest BCUT2D eigenvalue weighted by Crippen LogP contribution is -2.17. The van der Waals surface area contributed by atoms with Crippen molar-refractivity contribution in [2.24, 2.45) is 0 Å². The zero-order valence-corrected chi connectivity index (χ0v) is 11.5. The smallest absolute Gasteiger partial charge is 0.308 e. The van der Waals surface area contributed by atoms with Crippen LogP contribution in [0.25, 0.3) is 0 Å². The van der Waals surface area contributed by atoms with Gasteiger partial charge in [-0.3, -0.25) is 9.59 Å². The maximum absolute atomic E-state index is 11.2. The van der Waals surface area contributed by atoms with Crippen LogP contribution in [-0.2, 0) is 15.0 Å². The third-order valence-electron chi connectivity index (χ3n) is 2.37. The fourth-order valence-electron chi connectivity index (χ4n) is 1.67. The third kappa shape index (κ3) is 3.87. The molecule has 0 spiro atoms. The molecule has 0 fully saturated rings. The van der Waals surface area contributed by atoms with E-state index in [1.807, 2.05) is 20.8 Å². The highest BCUT2D eigenvalue weighted by Gasteiger charge is 2.19. The van der Waals surface area contributed by atoms with Crippen LogP contribution in [0.2, 0.25) is 0 Å². The number of amides is 1. The summed E-state index contributed by atoms with van der Waals surface area (Å²) in [6.07, 6.45) is 0. The summed E-state index contributed by atoms with van der Waals surface area (Å²) in [6.45, 7) is 8.92. The van der Waals surface area contributed by atoms with Gasteiger partial charge in [0.25, 0.3) is 0 Å². The predicted molar refractivity (Wildman–Crippen MR) is 70.8 cm³/mol. The highest BCUT2D eigenvalue weighted by molar-refractivity contribution is 5.90. The van der Waals surface area contributed by atoms with E-state index in [1.165, 1.54) is 13.8 Å². The second-order valence-corrected chi connectivity index (χ2v) is 5.23. The predicted octanol–water partition coefficient (Wildman–Crippen LogP) is 2.87. The summed E-state index contributed by atoms with van der Waals surface area (Å²) in [4.78, 5) is 22.1. The molecule has 1 aromatic carbocycles. The Hall–Kier alpha value is -1.84. The van der Waals surface area contributed by atoms with Crippen LogP contribution in [0.15, 0.2) is 18.2 Å². The number of benzene rings is 1. The van der Waals surface area contributed by atoms with Crippen molar-refractivity contribution in [2.45, 2.75) is 40.0 Å². The highest BCUT2D eigenvalue weighted by Crippen LogP contribution is 2.32. The van der Waals surface area contributed by atoms with Crippen molar-refractivity contribution in [1.82, 2.24) is 0 Å². The van der Waals surface area contributed by atoms with E-state index in [0.717, 1.165) is 11.3 Å². The Morgan fingerprint density at radius 1 is 1.17 bits per heavy atom. The summed E-state index contributed by atoms with van der Waals surface area (Å²) >= 11 is 0. The monoisotopic (exact) mass is 249 g/mol. The number of ether oxygens (including phenoxy) is 1. The SMILES string of the molecule is CC(=O)Nc1ccc(OC(C)=O)cc1C(C)(C)C. The normalized spacial score (nSPS) is 10.9. The number of rotatable bonds is 2. The van der Waals surface area contributed by atoms with Gasteiger partial charge < -0.3 is 10.1 Å². The van der Waals surface area contributed by atoms with Gasteiger partial charge in [0.15, 0.2) is 0 Å². The first kappa shape index (κ1) is 14.2. The number of anilines is 1. The Morgan fingerprint density at radius 3 is 2.22 bits per heavy atom. The van der Waals surface area contributed by atoms with Gasteiger partial charge in [-0.2, -0.15) is 0 Å². The first-order chi connectivity index (χ1) is 8.20. The fraction of sp³-hybridized carbons (Fsp3) is 0.429. The fourth-order valence-corrected chi connectivity index (χ4v) is 1.67. The molecule has 0 saturated carbocycles. The second kappa shape index (κ2) is 5.21. The van der Waals surface area contributed by atoms with Crippen molar-refractivity contribution in [3.8, 4) is 5.75 Å². The summed E-state index contributed by atoms with van der Waals surface area (Å²) in [5.41, 5.74) is 1.51. The number of carbonyl (C=O) groups is 2. The molecule has 1 rings (SSSR count). The number of hydrogen-bond acceptors (Lipinski definition) is 3. The summed E-state index contributed by atoms with van der Waals surface area (Å²) in [5.74, 6) is 0.00407. The summed E-state index contributed by atoms with van der Waals surface area (Å²) < 4.78 is 5.06. The standard InChI is InChI=1S/C14H19NO3/c1-9(16)15-13-7-6-11(18-10(2)17)8-12(13)14(3,4)5/h6-8H,1-5H3,(H,15,16). The maximum Gasteiger partial charge on any atom is 0.308 e. The number of nitrogens with one attached hydrogen (secondary N) is 1. The topological polar surface area (TPSA) is 55.4 Å². The van der Waals surface area contributed by atoms with Crippen molar-refractivity contribution >= 4 is 17.6 Å². The molecular weight excluding hydrogens is 230 g/mol. The second-order valence-electron chi connectivity index (χ2n) is 5.23. The van der Waals surface area contributed by atoms with Gasteiger partial charge in [0, 0.05) is 19.5 Å². The van der Waals surface area contributed by atoms with Gasteiger partial charge in [0.05, 0.1) is 0 Å². The van der Waals surface area contributed by atoms with E-state index < -0.39 is 0 Å². The molecule has 98 valence electrons. The zero-order valence-electron chi connectivity index (χ0n) is 11.5. The van der Waals surface area contributed by atoms with Gasteiger partial charge in [-0.15, -0.1) is 0 Å². The molecule has 0 unspecified atom stereocenters. The molecule has 18 heavy (non-hydrogen) atoms. The lowest BCUT2D eigenvalue weighted by Gasteiger charge is -2.23. The molecule has 0 saturated heterocycles. The van der Waals surface area contributed by atoms with Gasteiger partial charge in [-0.05, 0) is 29.2 Å². The largest absolute Gasteiger partial charge is 0.427 e. The summed E-state index contributed by atoms with van der Waals surface area (Å²) in [7, 11) is 0. The van der Waals surface area contributed by atoms with Gasteiger partial charge in [0.2, 0.25) is 5.91 Å². The summed E-state index contributed by atoms with van der Waals surface area (Å²) in [5, 5.41) is 2.78. The third-order valence-corrected chi connectivity index (χ3v) is 2.37.